The van der Waals surface area contributed by atoms with Crippen molar-refractivity contribution in [1.29, 1.82) is 0 Å². The number of urea groups is 2. The zero-order valence-corrected chi connectivity index (χ0v) is 20.5. The Morgan fingerprint density at radius 3 is 0.912 bits per heavy atom. The van der Waals surface area contributed by atoms with E-state index in [1.54, 1.807) is 28.4 Å². The summed E-state index contributed by atoms with van der Waals surface area (Å²) in [6.07, 6.45) is -1.33. The van der Waals surface area contributed by atoms with Crippen LogP contribution < -0.4 is 0 Å². The second-order valence-electron chi connectivity index (χ2n) is 7.39. The number of hydrogen-bond donors (Lipinski definition) is 0. The van der Waals surface area contributed by atoms with Gasteiger partial charge in [-0.25, -0.2) is 9.59 Å². The molecular weight excluding hydrogens is 456 g/mol. The lowest BCUT2D eigenvalue weighted by atomic mass is 10.3. The maximum atomic E-state index is 13.3. The molecule has 14 nitrogen and oxygen atoms in total. The molecule has 14 heteroatoms. The normalized spacial score (nSPS) is 20.2. The molecule has 2 rings (SSSR count). The molecule has 2 aliphatic heterocycles. The third kappa shape index (κ3) is 7.61. The minimum Gasteiger partial charge on any atom is -0.382 e. The van der Waals surface area contributed by atoms with Crippen LogP contribution in [0.15, 0.2) is 0 Å². The predicted molar refractivity (Wildman–Crippen MR) is 117 cm³/mol. The van der Waals surface area contributed by atoms with Gasteiger partial charge >= 0.3 is 12.1 Å². The van der Waals surface area contributed by atoms with E-state index >= 15 is 0 Å². The summed E-state index contributed by atoms with van der Waals surface area (Å²) in [6, 6.07) is -0.665. The summed E-state index contributed by atoms with van der Waals surface area (Å²) in [4.78, 5) is 32.6. The fourth-order valence-electron chi connectivity index (χ4n) is 3.51. The van der Waals surface area contributed by atoms with E-state index in [9.17, 15) is 9.59 Å². The highest BCUT2D eigenvalue weighted by molar-refractivity contribution is 5.85. The molecule has 2 aliphatic rings. The van der Waals surface area contributed by atoms with Crippen LogP contribution in [0.3, 0.4) is 0 Å². The Hall–Kier alpha value is -1.78. The van der Waals surface area contributed by atoms with E-state index in [1.807, 2.05) is 0 Å². The Morgan fingerprint density at radius 1 is 0.471 bits per heavy atom. The lowest BCUT2D eigenvalue weighted by Crippen LogP contribution is -2.48. The number of fused-ring (bicyclic) bond motifs is 1. The molecule has 2 fully saturated rings. The summed E-state index contributed by atoms with van der Waals surface area (Å²) in [6.45, 7) is 2.57. The maximum absolute atomic E-state index is 13.3. The smallest absolute Gasteiger partial charge is 0.327 e. The highest BCUT2D eigenvalue weighted by Crippen LogP contribution is 2.35. The molecule has 0 aromatic rings. The molecule has 0 saturated carbocycles. The van der Waals surface area contributed by atoms with E-state index in [0.29, 0.717) is 52.9 Å². The lowest BCUT2D eigenvalue weighted by molar-refractivity contribution is -0.0487. The van der Waals surface area contributed by atoms with Gasteiger partial charge in [0.25, 0.3) is 0 Å². The van der Waals surface area contributed by atoms with Crippen LogP contribution in [0.2, 0.25) is 0 Å². The average Bonchev–Trinajstić information content (AvgIpc) is 3.25. The van der Waals surface area contributed by atoms with E-state index in [0.717, 1.165) is 0 Å². The van der Waals surface area contributed by atoms with Gasteiger partial charge < -0.3 is 37.9 Å². The van der Waals surface area contributed by atoms with Crippen molar-refractivity contribution in [1.82, 2.24) is 19.6 Å². The van der Waals surface area contributed by atoms with E-state index in [-0.39, 0.29) is 39.0 Å². The van der Waals surface area contributed by atoms with Gasteiger partial charge in [0, 0.05) is 28.4 Å². The summed E-state index contributed by atoms with van der Waals surface area (Å²) in [7, 11) is 6.26. The van der Waals surface area contributed by atoms with Crippen molar-refractivity contribution in [2.45, 2.75) is 12.3 Å². The molecule has 0 aromatic carbocycles. The van der Waals surface area contributed by atoms with Gasteiger partial charge in [0.15, 0.2) is 12.3 Å². The van der Waals surface area contributed by atoms with Crippen molar-refractivity contribution >= 4 is 12.1 Å². The number of carbonyl (C=O) groups excluding carboxylic acids is 2. The summed E-state index contributed by atoms with van der Waals surface area (Å²) in [5.74, 6) is 0. The quantitative estimate of drug-likeness (QED) is 0.207. The molecular formula is C20H38N4O10. The van der Waals surface area contributed by atoms with Crippen molar-refractivity contribution in [2.24, 2.45) is 0 Å². The first-order valence-corrected chi connectivity index (χ1v) is 11.0. The summed E-state index contributed by atoms with van der Waals surface area (Å²) in [5, 5.41) is 0. The molecule has 0 bridgehead atoms. The molecule has 0 spiro atoms. The summed E-state index contributed by atoms with van der Waals surface area (Å²) < 4.78 is 42.6. The van der Waals surface area contributed by atoms with Crippen molar-refractivity contribution in [2.75, 3.05) is 108 Å². The van der Waals surface area contributed by atoms with Gasteiger partial charge in [-0.15, -0.1) is 0 Å². The monoisotopic (exact) mass is 494 g/mol. The van der Waals surface area contributed by atoms with Crippen molar-refractivity contribution < 1.29 is 47.5 Å². The number of nitrogens with zero attached hydrogens (tertiary/aromatic N) is 4. The van der Waals surface area contributed by atoms with Gasteiger partial charge in [-0.05, 0) is 0 Å². The Labute approximate surface area is 200 Å². The first kappa shape index (κ1) is 28.5. The van der Waals surface area contributed by atoms with E-state index < -0.39 is 12.3 Å². The highest BCUT2D eigenvalue weighted by Gasteiger charge is 2.59. The number of rotatable bonds is 20. The predicted octanol–water partition coefficient (Wildman–Crippen LogP) is -0.404. The zero-order valence-electron chi connectivity index (χ0n) is 20.5. The standard InChI is InChI=1S/C20H38N4O10/c1-27-5-9-31-13-21-17-18(23(19(21)25)15-33-11-7-29-3)24(16-34-12-8-30-4)20(26)22(17)14-32-10-6-28-2/h17-18H,5-16H2,1-4H3. The highest BCUT2D eigenvalue weighted by atomic mass is 16.5. The van der Waals surface area contributed by atoms with Crippen LogP contribution in [-0.4, -0.2) is 152 Å². The Bertz CT molecular complexity index is 508. The fraction of sp³-hybridized carbons (Fsp3) is 0.900. The first-order chi connectivity index (χ1) is 16.6. The van der Waals surface area contributed by atoms with Gasteiger partial charge in [-0.3, -0.25) is 19.6 Å². The summed E-state index contributed by atoms with van der Waals surface area (Å²) in [5.41, 5.74) is 0. The number of methoxy groups -OCH3 is 4. The molecule has 34 heavy (non-hydrogen) atoms. The number of amides is 4. The second-order valence-corrected chi connectivity index (χ2v) is 7.39. The number of ether oxygens (including phenoxy) is 8. The Balaban J connectivity index is 2.21. The topological polar surface area (TPSA) is 121 Å². The summed E-state index contributed by atoms with van der Waals surface area (Å²) >= 11 is 0. The van der Waals surface area contributed by atoms with Gasteiger partial charge in [0.1, 0.15) is 26.9 Å². The molecule has 4 amide bonds. The van der Waals surface area contributed by atoms with Crippen molar-refractivity contribution in [3.8, 4) is 0 Å². The van der Waals surface area contributed by atoms with Gasteiger partial charge in [0.05, 0.1) is 52.9 Å². The van der Waals surface area contributed by atoms with E-state index in [4.69, 9.17) is 37.9 Å². The minimum absolute atomic E-state index is 0.0296. The largest absolute Gasteiger partial charge is 0.382 e. The number of carbonyl (C=O) groups is 2. The van der Waals surface area contributed by atoms with Crippen LogP contribution in [0.4, 0.5) is 9.59 Å². The van der Waals surface area contributed by atoms with Crippen LogP contribution in [0, 0.1) is 0 Å². The van der Waals surface area contributed by atoms with Crippen LogP contribution in [-0.2, 0) is 37.9 Å². The maximum Gasteiger partial charge on any atom is 0.327 e. The van der Waals surface area contributed by atoms with Crippen molar-refractivity contribution in [3.63, 3.8) is 0 Å². The molecule has 0 radical (unpaired) electrons. The third-order valence-corrected chi connectivity index (χ3v) is 5.18. The molecule has 0 unspecified atom stereocenters. The third-order valence-electron chi connectivity index (χ3n) is 5.18. The van der Waals surface area contributed by atoms with E-state index in [2.05, 4.69) is 0 Å². The molecule has 2 saturated heterocycles. The van der Waals surface area contributed by atoms with Crippen LogP contribution in [0.25, 0.3) is 0 Å². The number of hydrogen-bond acceptors (Lipinski definition) is 10. The second kappa shape index (κ2) is 16.0. The van der Waals surface area contributed by atoms with Crippen LogP contribution >= 0.6 is 0 Å². The average molecular weight is 495 g/mol. The van der Waals surface area contributed by atoms with Gasteiger partial charge in [-0.2, -0.15) is 0 Å². The molecule has 0 aliphatic carbocycles. The van der Waals surface area contributed by atoms with Gasteiger partial charge in [0.2, 0.25) is 0 Å². The zero-order chi connectivity index (χ0) is 24.8. The van der Waals surface area contributed by atoms with Crippen molar-refractivity contribution in [3.05, 3.63) is 0 Å². The molecule has 198 valence electrons. The van der Waals surface area contributed by atoms with Crippen LogP contribution in [0.5, 0.6) is 0 Å². The molecule has 0 N–H and O–H groups in total. The molecule has 0 aromatic heterocycles. The Morgan fingerprint density at radius 2 is 0.706 bits per heavy atom. The van der Waals surface area contributed by atoms with Gasteiger partial charge in [-0.1, -0.05) is 0 Å². The fourth-order valence-corrected chi connectivity index (χ4v) is 3.51. The minimum atomic E-state index is -0.665. The SMILES string of the molecule is COCCOCN1C(=O)N(COCCOC)C2C1N(COCCOC)C(=O)N2COCCOC. The Kier molecular flexibility index (Phi) is 13.4. The lowest BCUT2D eigenvalue weighted by Gasteiger charge is -2.29. The van der Waals surface area contributed by atoms with E-state index in [1.165, 1.54) is 19.6 Å². The van der Waals surface area contributed by atoms with Crippen LogP contribution in [0.1, 0.15) is 0 Å². The first-order valence-electron chi connectivity index (χ1n) is 11.0. The molecule has 2 heterocycles. The molecule has 0 atom stereocenters.